The molecular formula is C21H23ClN6. The van der Waals surface area contributed by atoms with Crippen LogP contribution in [0.1, 0.15) is 35.7 Å². The fourth-order valence-corrected chi connectivity index (χ4v) is 4.61. The van der Waals surface area contributed by atoms with Gasteiger partial charge in [-0.1, -0.05) is 17.7 Å². The number of fused-ring (bicyclic) bond motifs is 3. The van der Waals surface area contributed by atoms with Gasteiger partial charge >= 0.3 is 0 Å². The van der Waals surface area contributed by atoms with Gasteiger partial charge in [-0.05, 0) is 43.7 Å². The first kappa shape index (κ1) is 17.6. The highest BCUT2D eigenvalue weighted by Gasteiger charge is 2.30. The largest absolute Gasteiger partial charge is 0.357 e. The van der Waals surface area contributed by atoms with Crippen LogP contribution in [0.3, 0.4) is 0 Å². The zero-order valence-electron chi connectivity index (χ0n) is 15.9. The van der Waals surface area contributed by atoms with Crippen molar-refractivity contribution < 1.29 is 0 Å². The van der Waals surface area contributed by atoms with E-state index in [1.807, 2.05) is 24.4 Å². The maximum atomic E-state index is 6.23. The Hall–Kier alpha value is -2.44. The van der Waals surface area contributed by atoms with Crippen molar-refractivity contribution in [2.24, 2.45) is 0 Å². The number of aromatic nitrogens is 4. The molecule has 5 heterocycles. The van der Waals surface area contributed by atoms with Crippen molar-refractivity contribution in [3.63, 3.8) is 0 Å². The first-order chi connectivity index (χ1) is 13.7. The molecule has 1 N–H and O–H groups in total. The molecule has 1 fully saturated rings. The Morgan fingerprint density at radius 3 is 2.79 bits per heavy atom. The second-order valence-electron chi connectivity index (χ2n) is 7.75. The van der Waals surface area contributed by atoms with Crippen molar-refractivity contribution in [2.75, 3.05) is 25.0 Å². The van der Waals surface area contributed by atoms with E-state index in [2.05, 4.69) is 33.0 Å². The third-order valence-electron chi connectivity index (χ3n) is 5.76. The molecule has 0 unspecified atom stereocenters. The lowest BCUT2D eigenvalue weighted by molar-refractivity contribution is 0.318. The van der Waals surface area contributed by atoms with Crippen LogP contribution in [0.2, 0.25) is 5.02 Å². The third kappa shape index (κ3) is 3.16. The summed E-state index contributed by atoms with van der Waals surface area (Å²) in [6.45, 7) is 3.65. The first-order valence-corrected chi connectivity index (χ1v) is 10.1. The van der Waals surface area contributed by atoms with Gasteiger partial charge < -0.3 is 4.90 Å². The number of hydrogen-bond acceptors (Lipinski definition) is 5. The van der Waals surface area contributed by atoms with Gasteiger partial charge in [0.15, 0.2) is 0 Å². The van der Waals surface area contributed by atoms with E-state index in [0.29, 0.717) is 10.9 Å². The predicted octanol–water partition coefficient (Wildman–Crippen LogP) is 3.85. The number of pyridine rings is 2. The summed E-state index contributed by atoms with van der Waals surface area (Å²) >= 11 is 6.23. The fraction of sp³-hybridized carbons (Fsp3) is 0.381. The molecule has 1 saturated heterocycles. The Bertz CT molecular complexity index is 978. The van der Waals surface area contributed by atoms with Gasteiger partial charge in [0.25, 0.3) is 0 Å². The summed E-state index contributed by atoms with van der Waals surface area (Å²) in [6, 6.07) is 8.13. The molecule has 7 heteroatoms. The Morgan fingerprint density at radius 1 is 1.14 bits per heavy atom. The summed E-state index contributed by atoms with van der Waals surface area (Å²) in [5, 5.41) is 8.74. The van der Waals surface area contributed by atoms with Crippen molar-refractivity contribution in [1.82, 2.24) is 25.1 Å². The van der Waals surface area contributed by atoms with Crippen LogP contribution in [0, 0.1) is 0 Å². The summed E-state index contributed by atoms with van der Waals surface area (Å²) in [5.74, 6) is 1.48. The van der Waals surface area contributed by atoms with E-state index in [4.69, 9.17) is 21.7 Å². The van der Waals surface area contributed by atoms with Crippen LogP contribution >= 0.6 is 11.6 Å². The van der Waals surface area contributed by atoms with Crippen LogP contribution in [0.25, 0.3) is 11.3 Å². The minimum Gasteiger partial charge on any atom is -0.357 e. The molecule has 5 rings (SSSR count). The molecule has 3 aromatic rings. The zero-order chi connectivity index (χ0) is 19.1. The molecule has 0 radical (unpaired) electrons. The van der Waals surface area contributed by atoms with Crippen molar-refractivity contribution in [3.8, 4) is 11.3 Å². The van der Waals surface area contributed by atoms with E-state index < -0.39 is 0 Å². The summed E-state index contributed by atoms with van der Waals surface area (Å²) in [4.78, 5) is 13.8. The molecule has 6 nitrogen and oxygen atoms in total. The maximum Gasteiger partial charge on any atom is 0.128 e. The van der Waals surface area contributed by atoms with Crippen LogP contribution in [0.15, 0.2) is 36.7 Å². The van der Waals surface area contributed by atoms with Gasteiger partial charge in [-0.25, -0.2) is 4.98 Å². The Labute approximate surface area is 169 Å². The molecule has 0 saturated carbocycles. The summed E-state index contributed by atoms with van der Waals surface area (Å²) < 4.78 is 0. The third-order valence-corrected chi connectivity index (χ3v) is 5.97. The average Bonchev–Trinajstić information content (AvgIpc) is 3.06. The summed E-state index contributed by atoms with van der Waals surface area (Å²) in [7, 11) is 2.12. The first-order valence-electron chi connectivity index (χ1n) is 9.75. The van der Waals surface area contributed by atoms with Gasteiger partial charge in [-0.3, -0.25) is 15.0 Å². The number of hydrogen-bond donors (Lipinski definition) is 1. The minimum atomic E-state index is 0.425. The van der Waals surface area contributed by atoms with Crippen LogP contribution < -0.4 is 4.90 Å². The van der Waals surface area contributed by atoms with Gasteiger partial charge in [0.2, 0.25) is 0 Å². The van der Waals surface area contributed by atoms with E-state index in [1.165, 1.54) is 11.1 Å². The molecule has 2 aliphatic rings. The fourth-order valence-electron chi connectivity index (χ4n) is 4.43. The molecule has 0 atom stereocenters. The lowest BCUT2D eigenvalue weighted by Crippen LogP contribution is -2.33. The van der Waals surface area contributed by atoms with Crippen molar-refractivity contribution in [1.29, 1.82) is 0 Å². The molecule has 3 aromatic heterocycles. The molecule has 0 aromatic carbocycles. The van der Waals surface area contributed by atoms with E-state index in [0.717, 1.165) is 61.9 Å². The molecule has 2 aliphatic heterocycles. The number of anilines is 1. The second kappa shape index (κ2) is 7.18. The van der Waals surface area contributed by atoms with Gasteiger partial charge in [0, 0.05) is 50.1 Å². The second-order valence-corrected chi connectivity index (χ2v) is 8.18. The number of H-pyrrole nitrogens is 1. The average molecular weight is 395 g/mol. The normalized spacial score (nSPS) is 17.9. The van der Waals surface area contributed by atoms with Crippen LogP contribution in [-0.2, 0) is 13.1 Å². The lowest BCUT2D eigenvalue weighted by Gasteiger charge is -2.32. The number of halogens is 1. The molecule has 28 heavy (non-hydrogen) atoms. The zero-order valence-corrected chi connectivity index (χ0v) is 16.7. The maximum absolute atomic E-state index is 6.23. The van der Waals surface area contributed by atoms with Crippen LogP contribution in [-0.4, -0.2) is 45.2 Å². The number of rotatable bonds is 2. The highest BCUT2D eigenvalue weighted by atomic mass is 35.5. The highest BCUT2D eigenvalue weighted by Crippen LogP contribution is 2.39. The van der Waals surface area contributed by atoms with Crippen LogP contribution in [0.5, 0.6) is 0 Å². The molecule has 0 spiro atoms. The highest BCUT2D eigenvalue weighted by molar-refractivity contribution is 6.30. The Balaban J connectivity index is 1.45. The Morgan fingerprint density at radius 2 is 2.00 bits per heavy atom. The van der Waals surface area contributed by atoms with Crippen LogP contribution in [0.4, 0.5) is 5.82 Å². The summed E-state index contributed by atoms with van der Waals surface area (Å²) in [6.07, 6.45) is 5.73. The summed E-state index contributed by atoms with van der Waals surface area (Å²) in [5.41, 5.74) is 5.69. The van der Waals surface area contributed by atoms with E-state index in [9.17, 15) is 0 Å². The standard InChI is InChI=1S/C21H23ClN6/c1-27-12-15-10-16(22)11-24-20(15)19-17(13-27)25-26-21(19)14-5-8-28(9-6-14)18-4-2-3-7-23-18/h2-4,7,10-11,14H,5-6,8-9,12-13H2,1H3,(H,25,26). The smallest absolute Gasteiger partial charge is 0.128 e. The topological polar surface area (TPSA) is 60.9 Å². The van der Waals surface area contributed by atoms with E-state index in [-0.39, 0.29) is 0 Å². The van der Waals surface area contributed by atoms with Crippen molar-refractivity contribution in [2.45, 2.75) is 31.8 Å². The molecular weight excluding hydrogens is 372 g/mol. The van der Waals surface area contributed by atoms with Gasteiger partial charge in [-0.2, -0.15) is 5.10 Å². The molecule has 0 amide bonds. The van der Waals surface area contributed by atoms with Gasteiger partial charge in [0.05, 0.1) is 22.1 Å². The van der Waals surface area contributed by atoms with E-state index >= 15 is 0 Å². The SMILES string of the molecule is CN1Cc2cc(Cl)cnc2-c2c(C3CCN(c4ccccn4)CC3)n[nH]c2C1. The minimum absolute atomic E-state index is 0.425. The molecule has 144 valence electrons. The predicted molar refractivity (Wildman–Crippen MR) is 110 cm³/mol. The molecule has 0 bridgehead atoms. The number of nitrogens with zero attached hydrogens (tertiary/aromatic N) is 5. The van der Waals surface area contributed by atoms with Crippen molar-refractivity contribution >= 4 is 17.4 Å². The van der Waals surface area contributed by atoms with Gasteiger partial charge in [0.1, 0.15) is 5.82 Å². The number of nitrogens with one attached hydrogen (secondary N) is 1. The number of aromatic amines is 1. The quantitative estimate of drug-likeness (QED) is 0.715. The monoisotopic (exact) mass is 394 g/mol. The van der Waals surface area contributed by atoms with E-state index in [1.54, 1.807) is 6.20 Å². The molecule has 0 aliphatic carbocycles. The van der Waals surface area contributed by atoms with Crippen molar-refractivity contribution in [3.05, 3.63) is 58.6 Å². The number of piperidine rings is 1. The lowest BCUT2D eigenvalue weighted by atomic mass is 9.89. The van der Waals surface area contributed by atoms with Gasteiger partial charge in [-0.15, -0.1) is 0 Å². The Kier molecular flexibility index (Phi) is 4.53.